The maximum absolute atomic E-state index is 12.0. The molecular weight excluding hydrogens is 268 g/mol. The first kappa shape index (κ1) is 16.1. The second-order valence-corrected chi connectivity index (χ2v) is 3.98. The van der Waals surface area contributed by atoms with Crippen LogP contribution in [0.1, 0.15) is 12.5 Å². The number of carbonyl (C=O) groups excluding carboxylic acids is 1. The average molecular weight is 285 g/mol. The summed E-state index contributed by atoms with van der Waals surface area (Å²) in [6.07, 6.45) is -1.96. The molecule has 6 heteroatoms. The Bertz CT molecular complexity index is 446. The van der Waals surface area contributed by atoms with E-state index in [4.69, 9.17) is 9.84 Å². The Hall–Kier alpha value is -1.95. The number of halogens is 2. The van der Waals surface area contributed by atoms with Crippen LogP contribution in [-0.4, -0.2) is 36.7 Å². The van der Waals surface area contributed by atoms with Gasteiger partial charge in [-0.3, -0.25) is 4.79 Å². The largest absolute Gasteiger partial charge is 0.494 e. The molecule has 1 atom stereocenters. The van der Waals surface area contributed by atoms with E-state index in [0.717, 1.165) is 11.3 Å². The summed E-state index contributed by atoms with van der Waals surface area (Å²) in [6.45, 7) is 1.97. The third kappa shape index (κ3) is 5.79. The van der Waals surface area contributed by atoms with Gasteiger partial charge in [-0.25, -0.2) is 8.78 Å². The minimum atomic E-state index is -2.87. The molecule has 20 heavy (non-hydrogen) atoms. The highest BCUT2D eigenvalue weighted by atomic mass is 19.3. The van der Waals surface area contributed by atoms with Crippen LogP contribution in [0.15, 0.2) is 30.3 Å². The summed E-state index contributed by atoms with van der Waals surface area (Å²) in [5.74, 6) is 0.188. The molecule has 0 aliphatic carbocycles. The first-order valence-electron chi connectivity index (χ1n) is 6.18. The summed E-state index contributed by atoms with van der Waals surface area (Å²) in [6, 6.07) is 7.06. The maximum atomic E-state index is 12.0. The molecule has 1 amide bonds. The standard InChI is InChI=1S/C14H17F2NO3/c1-2-20-11-6-3-10(4-7-11)5-8-13(19)17-9-12(18)14(15)16/h3-8,12,14,18H,2,9H2,1H3,(H,17,19)/b8-5+. The third-order valence-electron chi connectivity index (χ3n) is 2.39. The summed E-state index contributed by atoms with van der Waals surface area (Å²) in [7, 11) is 0. The van der Waals surface area contributed by atoms with E-state index in [9.17, 15) is 13.6 Å². The summed E-state index contributed by atoms with van der Waals surface area (Å²) >= 11 is 0. The third-order valence-corrected chi connectivity index (χ3v) is 2.39. The molecule has 1 rings (SSSR count). The molecular formula is C14H17F2NO3. The first-order valence-corrected chi connectivity index (χ1v) is 6.18. The molecule has 4 nitrogen and oxygen atoms in total. The predicted molar refractivity (Wildman–Crippen MR) is 71.7 cm³/mol. The van der Waals surface area contributed by atoms with Crippen molar-refractivity contribution in [2.24, 2.45) is 0 Å². The zero-order valence-corrected chi connectivity index (χ0v) is 11.1. The molecule has 0 fully saturated rings. The van der Waals surface area contributed by atoms with Gasteiger partial charge < -0.3 is 15.2 Å². The van der Waals surface area contributed by atoms with Crippen LogP contribution in [0.3, 0.4) is 0 Å². The van der Waals surface area contributed by atoms with Gasteiger partial charge in [0.15, 0.2) is 0 Å². The Morgan fingerprint density at radius 3 is 2.60 bits per heavy atom. The van der Waals surface area contributed by atoms with Crippen LogP contribution < -0.4 is 10.1 Å². The topological polar surface area (TPSA) is 58.6 Å². The van der Waals surface area contributed by atoms with E-state index in [1.54, 1.807) is 30.3 Å². The molecule has 0 aliphatic rings. The highest BCUT2D eigenvalue weighted by molar-refractivity contribution is 5.91. The van der Waals surface area contributed by atoms with E-state index in [-0.39, 0.29) is 0 Å². The minimum absolute atomic E-state index is 0.482. The number of alkyl halides is 2. The lowest BCUT2D eigenvalue weighted by Crippen LogP contribution is -2.34. The van der Waals surface area contributed by atoms with Crippen LogP contribution in [0.2, 0.25) is 0 Å². The second-order valence-electron chi connectivity index (χ2n) is 3.98. The van der Waals surface area contributed by atoms with Gasteiger partial charge in [-0.1, -0.05) is 12.1 Å². The summed E-state index contributed by atoms with van der Waals surface area (Å²) < 4.78 is 29.3. The van der Waals surface area contributed by atoms with Crippen LogP contribution in [0.25, 0.3) is 6.08 Å². The molecule has 0 saturated carbocycles. The molecule has 0 radical (unpaired) electrons. The molecule has 1 unspecified atom stereocenters. The molecule has 0 spiro atoms. The predicted octanol–water partition coefficient (Wildman–Crippen LogP) is 1.84. The van der Waals surface area contributed by atoms with Crippen LogP contribution in [-0.2, 0) is 4.79 Å². The number of nitrogens with one attached hydrogen (secondary N) is 1. The van der Waals surface area contributed by atoms with E-state index < -0.39 is 25.0 Å². The Balaban J connectivity index is 2.44. The summed E-state index contributed by atoms with van der Waals surface area (Å²) in [5.41, 5.74) is 0.776. The van der Waals surface area contributed by atoms with Crippen LogP contribution in [0, 0.1) is 0 Å². The van der Waals surface area contributed by atoms with Gasteiger partial charge in [-0.15, -0.1) is 0 Å². The zero-order valence-electron chi connectivity index (χ0n) is 11.1. The Labute approximate surface area is 116 Å². The molecule has 0 aromatic heterocycles. The Morgan fingerprint density at radius 1 is 1.40 bits per heavy atom. The minimum Gasteiger partial charge on any atom is -0.494 e. The highest BCUT2D eigenvalue weighted by Gasteiger charge is 2.16. The summed E-state index contributed by atoms with van der Waals surface area (Å²) in [4.78, 5) is 11.3. The van der Waals surface area contributed by atoms with Crippen LogP contribution in [0.4, 0.5) is 8.78 Å². The fourth-order valence-electron chi connectivity index (χ4n) is 1.37. The van der Waals surface area contributed by atoms with Crippen molar-refractivity contribution >= 4 is 12.0 Å². The first-order chi connectivity index (χ1) is 9.52. The van der Waals surface area contributed by atoms with Crippen molar-refractivity contribution in [3.8, 4) is 5.75 Å². The van der Waals surface area contributed by atoms with Gasteiger partial charge in [0.2, 0.25) is 5.91 Å². The number of ether oxygens (including phenoxy) is 1. The van der Waals surface area contributed by atoms with E-state index >= 15 is 0 Å². The van der Waals surface area contributed by atoms with E-state index in [1.807, 2.05) is 6.92 Å². The van der Waals surface area contributed by atoms with E-state index in [0.29, 0.717) is 6.61 Å². The van der Waals surface area contributed by atoms with Gasteiger partial charge in [0, 0.05) is 12.6 Å². The van der Waals surface area contributed by atoms with Crippen molar-refractivity contribution in [3.63, 3.8) is 0 Å². The number of aliphatic hydroxyl groups is 1. The van der Waals surface area contributed by atoms with Crippen molar-refractivity contribution in [1.29, 1.82) is 0 Å². The second kappa shape index (κ2) is 8.27. The van der Waals surface area contributed by atoms with Crippen LogP contribution >= 0.6 is 0 Å². The zero-order chi connectivity index (χ0) is 15.0. The number of benzene rings is 1. The average Bonchev–Trinajstić information content (AvgIpc) is 2.44. The molecule has 0 aliphatic heterocycles. The number of carbonyl (C=O) groups is 1. The lowest BCUT2D eigenvalue weighted by molar-refractivity contribution is -0.117. The monoisotopic (exact) mass is 285 g/mol. The lowest BCUT2D eigenvalue weighted by atomic mass is 10.2. The molecule has 1 aromatic rings. The van der Waals surface area contributed by atoms with Crippen molar-refractivity contribution < 1.29 is 23.4 Å². The number of hydrogen-bond donors (Lipinski definition) is 2. The van der Waals surface area contributed by atoms with Gasteiger partial charge in [-0.05, 0) is 30.7 Å². The van der Waals surface area contributed by atoms with E-state index in [2.05, 4.69) is 5.32 Å². The molecule has 0 bridgehead atoms. The smallest absolute Gasteiger partial charge is 0.265 e. The molecule has 1 aromatic carbocycles. The number of aliphatic hydroxyl groups excluding tert-OH is 1. The van der Waals surface area contributed by atoms with Crippen molar-refractivity contribution in [1.82, 2.24) is 5.32 Å². The van der Waals surface area contributed by atoms with Crippen LogP contribution in [0.5, 0.6) is 5.75 Å². The number of hydrogen-bond acceptors (Lipinski definition) is 3. The van der Waals surface area contributed by atoms with Crippen molar-refractivity contribution in [3.05, 3.63) is 35.9 Å². The van der Waals surface area contributed by atoms with Gasteiger partial charge in [0.25, 0.3) is 6.43 Å². The van der Waals surface area contributed by atoms with Gasteiger partial charge in [0.05, 0.1) is 6.61 Å². The van der Waals surface area contributed by atoms with Gasteiger partial charge in [0.1, 0.15) is 11.9 Å². The quantitative estimate of drug-likeness (QED) is 0.752. The molecule has 0 saturated heterocycles. The molecule has 110 valence electrons. The van der Waals surface area contributed by atoms with Crippen molar-refractivity contribution in [2.75, 3.05) is 13.2 Å². The fraction of sp³-hybridized carbons (Fsp3) is 0.357. The van der Waals surface area contributed by atoms with Crippen molar-refractivity contribution in [2.45, 2.75) is 19.5 Å². The van der Waals surface area contributed by atoms with E-state index in [1.165, 1.54) is 6.08 Å². The molecule has 2 N–H and O–H groups in total. The van der Waals surface area contributed by atoms with Gasteiger partial charge in [-0.2, -0.15) is 0 Å². The number of amides is 1. The maximum Gasteiger partial charge on any atom is 0.265 e. The fourth-order valence-corrected chi connectivity index (χ4v) is 1.37. The normalized spacial score (nSPS) is 12.7. The summed E-state index contributed by atoms with van der Waals surface area (Å²) in [5, 5.41) is 11.0. The lowest BCUT2D eigenvalue weighted by Gasteiger charge is -2.08. The highest BCUT2D eigenvalue weighted by Crippen LogP contribution is 2.12. The molecule has 0 heterocycles. The number of rotatable bonds is 7. The SMILES string of the molecule is CCOc1ccc(/C=C/C(=O)NCC(O)C(F)F)cc1. The Morgan fingerprint density at radius 2 is 2.05 bits per heavy atom. The Kier molecular flexibility index (Phi) is 6.66. The van der Waals surface area contributed by atoms with Gasteiger partial charge >= 0.3 is 0 Å².